The average molecular weight is 395 g/mol. The van der Waals surface area contributed by atoms with E-state index in [-0.39, 0.29) is 18.4 Å². The van der Waals surface area contributed by atoms with Crippen LogP contribution in [0, 0.1) is 5.82 Å². The van der Waals surface area contributed by atoms with Gasteiger partial charge in [-0.25, -0.2) is 14.1 Å². The number of benzene rings is 2. The molecule has 2 aromatic carbocycles. The first-order valence-corrected chi connectivity index (χ1v) is 9.81. The van der Waals surface area contributed by atoms with Crippen LogP contribution >= 0.6 is 0 Å². The van der Waals surface area contributed by atoms with Gasteiger partial charge in [0.15, 0.2) is 0 Å². The van der Waals surface area contributed by atoms with Crippen molar-refractivity contribution in [2.45, 2.75) is 44.2 Å². The molecule has 2 aliphatic rings. The van der Waals surface area contributed by atoms with E-state index < -0.39 is 23.8 Å². The van der Waals surface area contributed by atoms with Crippen LogP contribution in [0.15, 0.2) is 54.6 Å². The Morgan fingerprint density at radius 1 is 1.00 bits per heavy atom. The van der Waals surface area contributed by atoms with E-state index in [9.17, 15) is 18.8 Å². The third kappa shape index (κ3) is 3.85. The molecule has 6 nitrogen and oxygen atoms in total. The topological polar surface area (TPSA) is 69.7 Å². The number of hydrogen-bond acceptors (Lipinski definition) is 3. The van der Waals surface area contributed by atoms with E-state index in [0.29, 0.717) is 11.4 Å². The number of halogens is 1. The van der Waals surface area contributed by atoms with E-state index in [1.165, 1.54) is 24.3 Å². The Bertz CT molecular complexity index is 911. The summed E-state index contributed by atoms with van der Waals surface area (Å²) < 4.78 is 13.3. The van der Waals surface area contributed by atoms with Gasteiger partial charge in [0.25, 0.3) is 5.91 Å². The second-order valence-corrected chi connectivity index (χ2v) is 7.41. The van der Waals surface area contributed by atoms with Crippen molar-refractivity contribution in [2.75, 3.05) is 10.2 Å². The van der Waals surface area contributed by atoms with Crippen LogP contribution in [0.3, 0.4) is 0 Å². The van der Waals surface area contributed by atoms with Crippen molar-refractivity contribution >= 4 is 29.2 Å². The highest BCUT2D eigenvalue weighted by atomic mass is 19.1. The Morgan fingerprint density at radius 3 is 2.31 bits per heavy atom. The van der Waals surface area contributed by atoms with Gasteiger partial charge in [0.2, 0.25) is 5.91 Å². The van der Waals surface area contributed by atoms with Crippen LogP contribution in [-0.4, -0.2) is 34.8 Å². The van der Waals surface area contributed by atoms with Crippen molar-refractivity contribution in [1.82, 2.24) is 4.90 Å². The van der Waals surface area contributed by atoms with Gasteiger partial charge in [-0.2, -0.15) is 0 Å². The number of carbonyl (C=O) groups is 3. The minimum Gasteiger partial charge on any atom is -0.326 e. The summed E-state index contributed by atoms with van der Waals surface area (Å²) >= 11 is 0. The maximum Gasteiger partial charge on any atom is 0.332 e. The molecule has 1 saturated heterocycles. The summed E-state index contributed by atoms with van der Waals surface area (Å²) in [6.45, 7) is 0. The summed E-state index contributed by atoms with van der Waals surface area (Å²) in [5.74, 6) is -1.22. The molecular formula is C22H22FN3O3. The molecule has 29 heavy (non-hydrogen) atoms. The molecule has 0 unspecified atom stereocenters. The number of urea groups is 1. The normalized spacial score (nSPS) is 19.8. The smallest absolute Gasteiger partial charge is 0.326 e. The van der Waals surface area contributed by atoms with Crippen LogP contribution in [0.1, 0.15) is 32.1 Å². The molecular weight excluding hydrogens is 373 g/mol. The summed E-state index contributed by atoms with van der Waals surface area (Å²) in [7, 11) is 0. The Balaban J connectivity index is 1.58. The SMILES string of the molecule is O=C(C[C@H]1C(=O)N(c2ccc(F)cc2)C(=O)N1C1CCCC1)Nc1ccccc1. The molecule has 1 saturated carbocycles. The highest BCUT2D eigenvalue weighted by Gasteiger charge is 2.49. The first-order chi connectivity index (χ1) is 14.0. The molecule has 1 atom stereocenters. The van der Waals surface area contributed by atoms with Crippen LogP contribution in [0.25, 0.3) is 0 Å². The van der Waals surface area contributed by atoms with Gasteiger partial charge in [-0.1, -0.05) is 31.0 Å². The third-order valence-corrected chi connectivity index (χ3v) is 5.49. The molecule has 1 aliphatic carbocycles. The van der Waals surface area contributed by atoms with E-state index >= 15 is 0 Å². The van der Waals surface area contributed by atoms with Crippen molar-refractivity contribution < 1.29 is 18.8 Å². The monoisotopic (exact) mass is 395 g/mol. The number of amides is 4. The van der Waals surface area contributed by atoms with Gasteiger partial charge < -0.3 is 10.2 Å². The van der Waals surface area contributed by atoms with Gasteiger partial charge in [0.05, 0.1) is 12.1 Å². The molecule has 0 spiro atoms. The van der Waals surface area contributed by atoms with Crippen LogP contribution < -0.4 is 10.2 Å². The number of anilines is 2. The molecule has 1 N–H and O–H groups in total. The molecule has 1 aliphatic heterocycles. The lowest BCUT2D eigenvalue weighted by molar-refractivity contribution is -0.124. The van der Waals surface area contributed by atoms with Crippen molar-refractivity contribution in [3.63, 3.8) is 0 Å². The summed E-state index contributed by atoms with van der Waals surface area (Å²) in [4.78, 5) is 41.5. The van der Waals surface area contributed by atoms with Crippen LogP contribution in [0.2, 0.25) is 0 Å². The Hall–Kier alpha value is -3.22. The predicted octanol–water partition coefficient (Wildman–Crippen LogP) is 3.93. The molecule has 7 heteroatoms. The first-order valence-electron chi connectivity index (χ1n) is 9.81. The molecule has 0 radical (unpaired) electrons. The van der Waals surface area contributed by atoms with Gasteiger partial charge in [0, 0.05) is 11.7 Å². The molecule has 2 aromatic rings. The van der Waals surface area contributed by atoms with Crippen LogP contribution in [0.4, 0.5) is 20.6 Å². The maximum atomic E-state index is 13.3. The van der Waals surface area contributed by atoms with E-state index in [2.05, 4.69) is 5.32 Å². The standard InChI is InChI=1S/C22H22FN3O3/c23-15-10-12-18(13-11-15)26-21(28)19(25(22(26)29)17-8-4-5-9-17)14-20(27)24-16-6-2-1-3-7-16/h1-3,6-7,10-13,17,19H,4-5,8-9,14H2,(H,24,27)/t19-/m0/s1. The zero-order valence-electron chi connectivity index (χ0n) is 15.9. The molecule has 4 amide bonds. The number of hydrogen-bond donors (Lipinski definition) is 1. The fourth-order valence-corrected chi connectivity index (χ4v) is 4.13. The predicted molar refractivity (Wildman–Crippen MR) is 107 cm³/mol. The largest absolute Gasteiger partial charge is 0.332 e. The zero-order valence-corrected chi connectivity index (χ0v) is 15.9. The summed E-state index contributed by atoms with van der Waals surface area (Å²) in [6.07, 6.45) is 3.48. The quantitative estimate of drug-likeness (QED) is 0.780. The second kappa shape index (κ2) is 8.03. The molecule has 150 valence electrons. The lowest BCUT2D eigenvalue weighted by atomic mass is 10.1. The number of para-hydroxylation sites is 1. The molecule has 0 aromatic heterocycles. The number of nitrogens with zero attached hydrogens (tertiary/aromatic N) is 2. The van der Waals surface area contributed by atoms with Crippen LogP contribution in [0.5, 0.6) is 0 Å². The van der Waals surface area contributed by atoms with E-state index in [1.807, 2.05) is 6.07 Å². The average Bonchev–Trinajstić information content (AvgIpc) is 3.31. The Morgan fingerprint density at radius 2 is 1.66 bits per heavy atom. The van der Waals surface area contributed by atoms with Crippen molar-refractivity contribution in [2.24, 2.45) is 0 Å². The molecule has 0 bridgehead atoms. The zero-order chi connectivity index (χ0) is 20.4. The number of nitrogens with one attached hydrogen (secondary N) is 1. The van der Waals surface area contributed by atoms with E-state index in [0.717, 1.165) is 30.6 Å². The van der Waals surface area contributed by atoms with Gasteiger partial charge in [-0.3, -0.25) is 9.59 Å². The lowest BCUT2D eigenvalue weighted by Crippen LogP contribution is -2.43. The van der Waals surface area contributed by atoms with E-state index in [4.69, 9.17) is 0 Å². The number of imide groups is 1. The first kappa shape index (κ1) is 19.1. The fraction of sp³-hybridized carbons (Fsp3) is 0.318. The summed E-state index contributed by atoms with van der Waals surface area (Å²) in [6, 6.07) is 12.9. The van der Waals surface area contributed by atoms with Gasteiger partial charge in [-0.05, 0) is 49.2 Å². The van der Waals surface area contributed by atoms with Crippen LogP contribution in [-0.2, 0) is 9.59 Å². The van der Waals surface area contributed by atoms with Crippen molar-refractivity contribution in [3.8, 4) is 0 Å². The van der Waals surface area contributed by atoms with Crippen molar-refractivity contribution in [1.29, 1.82) is 0 Å². The molecule has 1 heterocycles. The Labute approximate surface area is 168 Å². The Kier molecular flexibility index (Phi) is 5.29. The molecule has 2 fully saturated rings. The minimum atomic E-state index is -0.862. The molecule has 4 rings (SSSR count). The van der Waals surface area contributed by atoms with Gasteiger partial charge in [0.1, 0.15) is 11.9 Å². The second-order valence-electron chi connectivity index (χ2n) is 7.41. The highest BCUT2D eigenvalue weighted by Crippen LogP contribution is 2.34. The minimum absolute atomic E-state index is 0.0635. The number of rotatable bonds is 5. The fourth-order valence-electron chi connectivity index (χ4n) is 4.13. The maximum absolute atomic E-state index is 13.3. The summed E-state index contributed by atoms with van der Waals surface area (Å²) in [5, 5.41) is 2.78. The lowest BCUT2D eigenvalue weighted by Gasteiger charge is -2.27. The number of carbonyl (C=O) groups excluding carboxylic acids is 3. The summed E-state index contributed by atoms with van der Waals surface area (Å²) in [5.41, 5.74) is 0.951. The van der Waals surface area contributed by atoms with Crippen molar-refractivity contribution in [3.05, 3.63) is 60.4 Å². The van der Waals surface area contributed by atoms with Gasteiger partial charge in [-0.15, -0.1) is 0 Å². The highest BCUT2D eigenvalue weighted by molar-refractivity contribution is 6.22. The van der Waals surface area contributed by atoms with Gasteiger partial charge >= 0.3 is 6.03 Å². The van der Waals surface area contributed by atoms with E-state index in [1.54, 1.807) is 29.2 Å². The third-order valence-electron chi connectivity index (χ3n) is 5.49.